The van der Waals surface area contributed by atoms with E-state index in [9.17, 15) is 20.2 Å². The Morgan fingerprint density at radius 3 is 1.23 bits per heavy atom. The molecule has 0 aliphatic heterocycles. The summed E-state index contributed by atoms with van der Waals surface area (Å²) in [5.41, 5.74) is -0.333. The summed E-state index contributed by atoms with van der Waals surface area (Å²) in [6.45, 7) is 0. The average Bonchev–Trinajstić information content (AvgIpc) is 2.75. The van der Waals surface area contributed by atoms with Gasteiger partial charge in [0, 0.05) is 0 Å². The van der Waals surface area contributed by atoms with E-state index in [1.165, 1.54) is 52.7 Å². The lowest BCUT2D eigenvalue weighted by molar-refractivity contribution is -0.385. The molecule has 12 nitrogen and oxygen atoms in total. The Labute approximate surface area is 170 Å². The van der Waals surface area contributed by atoms with Crippen LogP contribution in [0.5, 0.6) is 23.0 Å². The van der Waals surface area contributed by atoms with Crippen LogP contribution in [0.2, 0.25) is 0 Å². The topological polar surface area (TPSA) is 148 Å². The van der Waals surface area contributed by atoms with E-state index in [1.807, 2.05) is 0 Å². The Hall–Kier alpha value is -4.22. The van der Waals surface area contributed by atoms with Crippen LogP contribution in [0.3, 0.4) is 0 Å². The molecule has 0 fully saturated rings. The van der Waals surface area contributed by atoms with Gasteiger partial charge in [0.05, 0.1) is 74.0 Å². The van der Waals surface area contributed by atoms with Crippen LogP contribution in [-0.2, 0) is 0 Å². The van der Waals surface area contributed by atoms with E-state index in [1.54, 1.807) is 0 Å². The number of nitro groups is 2. The maximum atomic E-state index is 11.3. The molecule has 0 aliphatic carbocycles. The zero-order valence-electron chi connectivity index (χ0n) is 16.5. The van der Waals surface area contributed by atoms with Gasteiger partial charge in [-0.05, 0) is 12.1 Å². The smallest absolute Gasteiger partial charge is 0.282 e. The molecule has 0 N–H and O–H groups in total. The van der Waals surface area contributed by atoms with Gasteiger partial charge in [0.1, 0.15) is 0 Å². The molecule has 0 spiro atoms. The van der Waals surface area contributed by atoms with E-state index in [0.717, 1.165) is 12.4 Å². The van der Waals surface area contributed by atoms with E-state index in [4.69, 9.17) is 18.9 Å². The number of hydrogen-bond acceptors (Lipinski definition) is 10. The van der Waals surface area contributed by atoms with Crippen LogP contribution >= 0.6 is 0 Å². The fourth-order valence-corrected chi connectivity index (χ4v) is 2.48. The summed E-state index contributed by atoms with van der Waals surface area (Å²) in [7, 11) is 5.49. The summed E-state index contributed by atoms with van der Waals surface area (Å²) in [5.74, 6) is 0.907. The third-order valence-corrected chi connectivity index (χ3v) is 3.92. The largest absolute Gasteiger partial charge is 0.493 e. The average molecular weight is 418 g/mol. The van der Waals surface area contributed by atoms with Gasteiger partial charge in [0.25, 0.3) is 11.4 Å². The van der Waals surface area contributed by atoms with Crippen LogP contribution in [0, 0.1) is 20.2 Å². The molecule has 12 heteroatoms. The summed E-state index contributed by atoms with van der Waals surface area (Å²) in [6, 6.07) is 5.13. The first kappa shape index (κ1) is 22.1. The molecule has 0 unspecified atom stereocenters. The molecule has 0 saturated heterocycles. The van der Waals surface area contributed by atoms with Crippen molar-refractivity contribution in [3.05, 3.63) is 55.6 Å². The Kier molecular flexibility index (Phi) is 7.22. The molecule has 0 saturated carbocycles. The van der Waals surface area contributed by atoms with Crippen molar-refractivity contribution in [2.75, 3.05) is 28.4 Å². The normalized spacial score (nSPS) is 10.9. The minimum absolute atomic E-state index is 0.108. The Bertz CT molecular complexity index is 938. The Morgan fingerprint density at radius 2 is 0.967 bits per heavy atom. The van der Waals surface area contributed by atoms with E-state index in [2.05, 4.69) is 10.2 Å². The SMILES string of the molecule is COc1cc(C=NN=Cc2cc(OC)c(OC)cc2[N+](=O)[O-])c([N+](=O)[O-])cc1OC. The van der Waals surface area contributed by atoms with Gasteiger partial charge in [-0.2, -0.15) is 10.2 Å². The molecule has 2 rings (SSSR count). The van der Waals surface area contributed by atoms with Gasteiger partial charge < -0.3 is 18.9 Å². The van der Waals surface area contributed by atoms with Crippen LogP contribution in [0.4, 0.5) is 11.4 Å². The first-order chi connectivity index (χ1) is 14.4. The van der Waals surface area contributed by atoms with E-state index < -0.39 is 9.85 Å². The molecule has 0 bridgehead atoms. The molecule has 0 heterocycles. The van der Waals surface area contributed by atoms with Crippen LogP contribution in [-0.4, -0.2) is 50.7 Å². The lowest BCUT2D eigenvalue weighted by Gasteiger charge is -2.08. The molecule has 2 aromatic rings. The quantitative estimate of drug-likeness (QED) is 0.343. The fourth-order valence-electron chi connectivity index (χ4n) is 2.48. The molecule has 0 aliphatic rings. The highest BCUT2D eigenvalue weighted by molar-refractivity contribution is 5.89. The number of rotatable bonds is 9. The van der Waals surface area contributed by atoms with E-state index in [0.29, 0.717) is 0 Å². The maximum Gasteiger partial charge on any atom is 0.282 e. The monoisotopic (exact) mass is 418 g/mol. The van der Waals surface area contributed by atoms with Gasteiger partial charge in [-0.1, -0.05) is 0 Å². The molecular formula is C18H18N4O8. The second-order valence-electron chi connectivity index (χ2n) is 5.54. The van der Waals surface area contributed by atoms with Crippen molar-refractivity contribution in [3.8, 4) is 23.0 Å². The third-order valence-electron chi connectivity index (χ3n) is 3.92. The summed E-state index contributed by atoms with van der Waals surface area (Å²) < 4.78 is 20.4. The Balaban J connectivity index is 2.42. The number of nitro benzene ring substituents is 2. The number of nitrogens with zero attached hydrogens (tertiary/aromatic N) is 4. The predicted molar refractivity (Wildman–Crippen MR) is 108 cm³/mol. The summed E-state index contributed by atoms with van der Waals surface area (Å²) >= 11 is 0. The van der Waals surface area contributed by atoms with Crippen molar-refractivity contribution in [2.24, 2.45) is 10.2 Å². The van der Waals surface area contributed by atoms with Gasteiger partial charge >= 0.3 is 0 Å². The molecular weight excluding hydrogens is 400 g/mol. The van der Waals surface area contributed by atoms with Gasteiger partial charge in [0.15, 0.2) is 23.0 Å². The molecule has 0 radical (unpaired) electrons. The minimum Gasteiger partial charge on any atom is -0.493 e. The molecule has 2 aromatic carbocycles. The van der Waals surface area contributed by atoms with Crippen molar-refractivity contribution in [3.63, 3.8) is 0 Å². The lowest BCUT2D eigenvalue weighted by Crippen LogP contribution is -1.99. The van der Waals surface area contributed by atoms with Crippen molar-refractivity contribution in [1.82, 2.24) is 0 Å². The molecule has 0 amide bonds. The standard InChI is InChI=1S/C18H18N4O8/c1-27-15-5-11(13(21(23)24)7-17(15)29-3)9-19-20-10-12-6-16(28-2)18(30-4)8-14(12)22(25)26/h5-10H,1-4H3. The van der Waals surface area contributed by atoms with Gasteiger partial charge in [0.2, 0.25) is 0 Å². The minimum atomic E-state index is -0.605. The van der Waals surface area contributed by atoms with Crippen molar-refractivity contribution in [2.45, 2.75) is 0 Å². The summed E-state index contributed by atoms with van der Waals surface area (Å²) in [6.07, 6.45) is 2.26. The highest BCUT2D eigenvalue weighted by Gasteiger charge is 2.19. The van der Waals surface area contributed by atoms with E-state index in [-0.39, 0.29) is 45.5 Å². The van der Waals surface area contributed by atoms with Crippen molar-refractivity contribution in [1.29, 1.82) is 0 Å². The molecule has 30 heavy (non-hydrogen) atoms. The summed E-state index contributed by atoms with van der Waals surface area (Å²) in [5, 5.41) is 30.1. The number of benzene rings is 2. The second-order valence-corrected chi connectivity index (χ2v) is 5.54. The number of methoxy groups -OCH3 is 4. The predicted octanol–water partition coefficient (Wildman–Crippen LogP) is 2.99. The second kappa shape index (κ2) is 9.82. The highest BCUT2D eigenvalue weighted by Crippen LogP contribution is 2.34. The zero-order chi connectivity index (χ0) is 22.3. The third kappa shape index (κ3) is 4.79. The number of ether oxygens (including phenoxy) is 4. The van der Waals surface area contributed by atoms with Crippen LogP contribution in [0.15, 0.2) is 34.5 Å². The van der Waals surface area contributed by atoms with Gasteiger partial charge in [-0.15, -0.1) is 0 Å². The first-order valence-corrected chi connectivity index (χ1v) is 8.23. The van der Waals surface area contributed by atoms with Crippen LogP contribution in [0.25, 0.3) is 0 Å². The van der Waals surface area contributed by atoms with Crippen LogP contribution < -0.4 is 18.9 Å². The van der Waals surface area contributed by atoms with Crippen molar-refractivity contribution >= 4 is 23.8 Å². The maximum absolute atomic E-state index is 11.3. The Morgan fingerprint density at radius 1 is 0.667 bits per heavy atom. The molecule has 0 atom stereocenters. The van der Waals surface area contributed by atoms with E-state index >= 15 is 0 Å². The highest BCUT2D eigenvalue weighted by atomic mass is 16.6. The molecule has 158 valence electrons. The molecule has 0 aromatic heterocycles. The lowest BCUT2D eigenvalue weighted by atomic mass is 10.1. The fraction of sp³-hybridized carbons (Fsp3) is 0.222. The van der Waals surface area contributed by atoms with Crippen LogP contribution in [0.1, 0.15) is 11.1 Å². The van der Waals surface area contributed by atoms with Crippen molar-refractivity contribution < 1.29 is 28.8 Å². The van der Waals surface area contributed by atoms with Gasteiger partial charge in [-0.25, -0.2) is 0 Å². The summed E-state index contributed by atoms with van der Waals surface area (Å²) in [4.78, 5) is 21.4. The van der Waals surface area contributed by atoms with Gasteiger partial charge in [-0.3, -0.25) is 20.2 Å². The number of hydrogen-bond donors (Lipinski definition) is 0. The zero-order valence-corrected chi connectivity index (χ0v) is 16.5. The first-order valence-electron chi connectivity index (χ1n) is 8.23.